The van der Waals surface area contributed by atoms with Gasteiger partial charge in [0.2, 0.25) is 0 Å². The largest absolute Gasteiger partial charge is 0.493 e. The van der Waals surface area contributed by atoms with E-state index in [1.165, 1.54) is 18.0 Å². The zero-order valence-electron chi connectivity index (χ0n) is 15.0. The van der Waals surface area contributed by atoms with E-state index in [4.69, 9.17) is 21.1 Å². The number of methoxy groups -OCH3 is 1. The fraction of sp³-hybridized carbons (Fsp3) is 0.211. The fourth-order valence-corrected chi connectivity index (χ4v) is 3.23. The lowest BCUT2D eigenvalue weighted by atomic mass is 10.2. The fourth-order valence-electron chi connectivity index (χ4n) is 2.65. The van der Waals surface area contributed by atoms with E-state index < -0.39 is 0 Å². The predicted molar refractivity (Wildman–Crippen MR) is 111 cm³/mol. The summed E-state index contributed by atoms with van der Waals surface area (Å²) in [6, 6.07) is 8.72. The molecule has 140 valence electrons. The van der Waals surface area contributed by atoms with Crippen LogP contribution in [-0.4, -0.2) is 29.6 Å². The first kappa shape index (κ1) is 19.4. The normalized spacial score (nSPS) is 11.3. The summed E-state index contributed by atoms with van der Waals surface area (Å²) < 4.78 is 13.0. The maximum atomic E-state index is 12.8. The Balaban J connectivity index is 2.14. The number of halogens is 2. The highest BCUT2D eigenvalue weighted by Gasteiger charge is 2.12. The average molecular weight is 451 g/mol. The van der Waals surface area contributed by atoms with Crippen LogP contribution in [-0.2, 0) is 0 Å². The van der Waals surface area contributed by atoms with E-state index >= 15 is 0 Å². The summed E-state index contributed by atoms with van der Waals surface area (Å²) in [6.07, 6.45) is 1.51. The van der Waals surface area contributed by atoms with Crippen molar-refractivity contribution in [2.24, 2.45) is 5.10 Å². The molecule has 0 spiro atoms. The number of aromatic nitrogens is 2. The lowest BCUT2D eigenvalue weighted by Crippen LogP contribution is -2.20. The van der Waals surface area contributed by atoms with Crippen molar-refractivity contribution in [1.82, 2.24) is 9.66 Å². The van der Waals surface area contributed by atoms with Crippen LogP contribution in [0.2, 0.25) is 5.02 Å². The summed E-state index contributed by atoms with van der Waals surface area (Å²) in [6.45, 7) is 4.04. The number of hydrogen-bond donors (Lipinski definition) is 0. The molecule has 2 aromatic carbocycles. The smallest absolute Gasteiger partial charge is 0.282 e. The highest BCUT2D eigenvalue weighted by molar-refractivity contribution is 9.10. The highest BCUT2D eigenvalue weighted by Crippen LogP contribution is 2.33. The summed E-state index contributed by atoms with van der Waals surface area (Å²) in [5.41, 5.74) is 0.954. The molecule has 8 heteroatoms. The van der Waals surface area contributed by atoms with Gasteiger partial charge >= 0.3 is 0 Å². The summed E-state index contributed by atoms with van der Waals surface area (Å²) >= 11 is 9.53. The third-order valence-corrected chi connectivity index (χ3v) is 4.55. The minimum Gasteiger partial charge on any atom is -0.493 e. The molecule has 0 aliphatic heterocycles. The first-order valence-corrected chi connectivity index (χ1v) is 9.35. The Labute approximate surface area is 169 Å². The van der Waals surface area contributed by atoms with Crippen molar-refractivity contribution in [3.05, 3.63) is 61.6 Å². The van der Waals surface area contributed by atoms with Crippen LogP contribution in [0.15, 0.2) is 44.7 Å². The SMILES string of the molecule is CCOc1c(C=Nn2c(C)nc3ccc(Br)cc3c2=O)cc(Cl)cc1OC. The molecule has 0 aliphatic carbocycles. The molecule has 0 unspecified atom stereocenters. The molecule has 6 nitrogen and oxygen atoms in total. The third-order valence-electron chi connectivity index (χ3n) is 3.84. The molecule has 0 aliphatic rings. The molecule has 1 heterocycles. The van der Waals surface area contributed by atoms with Crippen molar-refractivity contribution < 1.29 is 9.47 Å². The van der Waals surface area contributed by atoms with Crippen molar-refractivity contribution in [3.63, 3.8) is 0 Å². The molecule has 0 bridgehead atoms. The van der Waals surface area contributed by atoms with Crippen molar-refractivity contribution in [2.75, 3.05) is 13.7 Å². The minimum atomic E-state index is -0.262. The van der Waals surface area contributed by atoms with Crippen LogP contribution in [0.25, 0.3) is 10.9 Å². The Bertz CT molecular complexity index is 1100. The molecular weight excluding hydrogens is 434 g/mol. The number of aryl methyl sites for hydroxylation is 1. The second-order valence-corrected chi connectivity index (χ2v) is 6.99. The van der Waals surface area contributed by atoms with Crippen LogP contribution < -0.4 is 15.0 Å². The standard InChI is InChI=1S/C19H17BrClN3O3/c1-4-27-18-12(7-14(21)9-17(18)26-3)10-22-24-11(2)23-16-6-5-13(20)8-15(16)19(24)25/h5-10H,4H2,1-3H3. The van der Waals surface area contributed by atoms with Gasteiger partial charge in [-0.1, -0.05) is 27.5 Å². The van der Waals surface area contributed by atoms with Crippen molar-refractivity contribution >= 4 is 44.6 Å². The van der Waals surface area contributed by atoms with Crippen molar-refractivity contribution in [2.45, 2.75) is 13.8 Å². The molecule has 0 N–H and O–H groups in total. The quantitative estimate of drug-likeness (QED) is 0.540. The number of hydrogen-bond acceptors (Lipinski definition) is 5. The Morgan fingerprint density at radius 3 is 2.81 bits per heavy atom. The summed E-state index contributed by atoms with van der Waals surface area (Å²) in [5.74, 6) is 1.48. The summed E-state index contributed by atoms with van der Waals surface area (Å²) in [7, 11) is 1.54. The van der Waals surface area contributed by atoms with E-state index in [1.54, 1.807) is 31.2 Å². The molecule has 0 saturated carbocycles. The average Bonchev–Trinajstić information content (AvgIpc) is 2.64. The van der Waals surface area contributed by atoms with Gasteiger partial charge in [-0.15, -0.1) is 0 Å². The van der Waals surface area contributed by atoms with E-state index in [-0.39, 0.29) is 5.56 Å². The molecule has 3 aromatic rings. The number of fused-ring (bicyclic) bond motifs is 1. The van der Waals surface area contributed by atoms with Gasteiger partial charge in [-0.2, -0.15) is 9.78 Å². The Morgan fingerprint density at radius 2 is 2.11 bits per heavy atom. The number of rotatable bonds is 5. The van der Waals surface area contributed by atoms with E-state index in [9.17, 15) is 4.79 Å². The Morgan fingerprint density at radius 1 is 1.33 bits per heavy atom. The van der Waals surface area contributed by atoms with Crippen molar-refractivity contribution in [1.29, 1.82) is 0 Å². The van der Waals surface area contributed by atoms with Crippen LogP contribution in [0.5, 0.6) is 11.5 Å². The molecule has 27 heavy (non-hydrogen) atoms. The van der Waals surface area contributed by atoms with Crippen LogP contribution in [0.1, 0.15) is 18.3 Å². The zero-order valence-corrected chi connectivity index (χ0v) is 17.3. The van der Waals surface area contributed by atoms with Gasteiger partial charge in [0.05, 0.1) is 30.8 Å². The monoisotopic (exact) mass is 449 g/mol. The first-order valence-electron chi connectivity index (χ1n) is 8.18. The first-order chi connectivity index (χ1) is 12.9. The van der Waals surface area contributed by atoms with Gasteiger partial charge in [-0.25, -0.2) is 4.98 Å². The molecule has 0 fully saturated rings. The second-order valence-electron chi connectivity index (χ2n) is 5.64. The molecule has 0 atom stereocenters. The third kappa shape index (κ3) is 3.99. The number of ether oxygens (including phenoxy) is 2. The van der Waals surface area contributed by atoms with Crippen LogP contribution in [0.4, 0.5) is 0 Å². The van der Waals surface area contributed by atoms with Gasteiger partial charge in [0.1, 0.15) is 5.82 Å². The minimum absolute atomic E-state index is 0.262. The van der Waals surface area contributed by atoms with Crippen LogP contribution in [0.3, 0.4) is 0 Å². The van der Waals surface area contributed by atoms with Gasteiger partial charge in [-0.05, 0) is 38.1 Å². The maximum Gasteiger partial charge on any atom is 0.282 e. The van der Waals surface area contributed by atoms with Gasteiger partial charge in [0.15, 0.2) is 11.5 Å². The van der Waals surface area contributed by atoms with E-state index in [0.29, 0.717) is 45.4 Å². The summed E-state index contributed by atoms with van der Waals surface area (Å²) in [4.78, 5) is 17.3. The van der Waals surface area contributed by atoms with E-state index in [2.05, 4.69) is 26.0 Å². The van der Waals surface area contributed by atoms with Gasteiger partial charge in [0.25, 0.3) is 5.56 Å². The highest BCUT2D eigenvalue weighted by atomic mass is 79.9. The molecule has 0 amide bonds. The predicted octanol–water partition coefficient (Wildman–Crippen LogP) is 4.41. The van der Waals surface area contributed by atoms with Crippen molar-refractivity contribution in [3.8, 4) is 11.5 Å². The zero-order chi connectivity index (χ0) is 19.6. The Hall–Kier alpha value is -2.38. The molecular formula is C19H17BrClN3O3. The van der Waals surface area contributed by atoms with Gasteiger partial charge < -0.3 is 9.47 Å². The van der Waals surface area contributed by atoms with E-state index in [0.717, 1.165) is 4.47 Å². The van der Waals surface area contributed by atoms with Crippen LogP contribution in [0, 0.1) is 6.92 Å². The van der Waals surface area contributed by atoms with E-state index in [1.807, 2.05) is 13.0 Å². The Kier molecular flexibility index (Phi) is 5.82. The number of benzene rings is 2. The molecule has 0 saturated heterocycles. The molecule has 1 aromatic heterocycles. The van der Waals surface area contributed by atoms with Crippen LogP contribution >= 0.6 is 27.5 Å². The summed E-state index contributed by atoms with van der Waals surface area (Å²) in [5, 5.41) is 5.27. The lowest BCUT2D eigenvalue weighted by molar-refractivity contribution is 0.310. The molecule has 3 rings (SSSR count). The topological polar surface area (TPSA) is 65.7 Å². The van der Waals surface area contributed by atoms with Gasteiger partial charge in [0, 0.05) is 21.1 Å². The molecule has 0 radical (unpaired) electrons. The second kappa shape index (κ2) is 8.10. The maximum absolute atomic E-state index is 12.8. The van der Waals surface area contributed by atoms with Gasteiger partial charge in [-0.3, -0.25) is 4.79 Å². The number of nitrogens with zero attached hydrogens (tertiary/aromatic N) is 3. The lowest BCUT2D eigenvalue weighted by Gasteiger charge is -2.12.